The summed E-state index contributed by atoms with van der Waals surface area (Å²) in [5, 5.41) is 0. The molecule has 4 aromatic rings. The molecular weight excluding hydrogens is 408 g/mol. The molecule has 0 aliphatic carbocycles. The highest BCUT2D eigenvalue weighted by molar-refractivity contribution is 5.75. The van der Waals surface area contributed by atoms with Gasteiger partial charge >= 0.3 is 5.69 Å². The maximum atomic E-state index is 13.5. The molecule has 0 saturated heterocycles. The van der Waals surface area contributed by atoms with Crippen LogP contribution in [0.4, 0.5) is 5.95 Å². The van der Waals surface area contributed by atoms with Crippen molar-refractivity contribution in [1.29, 1.82) is 0 Å². The molecular formula is C22H24N8O2. The lowest BCUT2D eigenvalue weighted by molar-refractivity contribution is 0.654. The molecule has 0 fully saturated rings. The van der Waals surface area contributed by atoms with Gasteiger partial charge in [0.25, 0.3) is 5.56 Å². The van der Waals surface area contributed by atoms with Gasteiger partial charge in [0.05, 0.1) is 24.1 Å². The van der Waals surface area contributed by atoms with Crippen LogP contribution in [0, 0.1) is 11.8 Å². The molecule has 0 atom stereocenters. The van der Waals surface area contributed by atoms with E-state index in [9.17, 15) is 9.59 Å². The number of aromatic nitrogens is 6. The zero-order valence-electron chi connectivity index (χ0n) is 18.2. The number of imidazole rings is 1. The quantitative estimate of drug-likeness (QED) is 0.436. The summed E-state index contributed by atoms with van der Waals surface area (Å²) in [4.78, 5) is 41.6. The second-order valence-electron chi connectivity index (χ2n) is 7.42. The van der Waals surface area contributed by atoms with Crippen LogP contribution in [0.5, 0.6) is 0 Å². The highest BCUT2D eigenvalue weighted by Gasteiger charge is 2.22. The maximum Gasteiger partial charge on any atom is 0.332 e. The van der Waals surface area contributed by atoms with Gasteiger partial charge < -0.3 is 10.6 Å². The lowest BCUT2D eigenvalue weighted by Gasteiger charge is -2.17. The van der Waals surface area contributed by atoms with Gasteiger partial charge in [-0.05, 0) is 24.6 Å². The van der Waals surface area contributed by atoms with Gasteiger partial charge in [0.2, 0.25) is 5.95 Å². The Kier molecular flexibility index (Phi) is 5.75. The number of likely N-dealkylation sites (N-methyl/N-ethyl adjacent to an activating group) is 1. The van der Waals surface area contributed by atoms with Gasteiger partial charge in [-0.2, -0.15) is 4.98 Å². The fourth-order valence-corrected chi connectivity index (χ4v) is 3.68. The van der Waals surface area contributed by atoms with Crippen molar-refractivity contribution in [2.24, 2.45) is 12.8 Å². The molecule has 0 bridgehead atoms. The second-order valence-corrected chi connectivity index (χ2v) is 7.42. The number of aryl methyl sites for hydroxylation is 1. The highest BCUT2D eigenvalue weighted by Crippen LogP contribution is 2.18. The number of hydrogen-bond acceptors (Lipinski definition) is 7. The first-order chi connectivity index (χ1) is 15.5. The Bertz CT molecular complexity index is 1490. The Morgan fingerprint density at radius 3 is 2.59 bits per heavy atom. The van der Waals surface area contributed by atoms with Crippen LogP contribution in [0.15, 0.2) is 40.2 Å². The van der Waals surface area contributed by atoms with Crippen molar-refractivity contribution in [1.82, 2.24) is 28.7 Å². The Hall–Kier alpha value is -3.97. The van der Waals surface area contributed by atoms with Gasteiger partial charge in [-0.1, -0.05) is 12.0 Å². The summed E-state index contributed by atoms with van der Waals surface area (Å²) in [5.74, 6) is 6.39. The average Bonchev–Trinajstić information content (AvgIpc) is 3.19. The van der Waals surface area contributed by atoms with Crippen molar-refractivity contribution >= 4 is 28.1 Å². The Labute approximate surface area is 183 Å². The van der Waals surface area contributed by atoms with E-state index in [1.54, 1.807) is 30.9 Å². The molecule has 164 valence electrons. The van der Waals surface area contributed by atoms with Crippen molar-refractivity contribution < 1.29 is 0 Å². The molecule has 32 heavy (non-hydrogen) atoms. The van der Waals surface area contributed by atoms with E-state index in [4.69, 9.17) is 5.73 Å². The largest absolute Gasteiger partial charge is 0.344 e. The summed E-state index contributed by atoms with van der Waals surface area (Å²) in [6.45, 7) is 3.08. The van der Waals surface area contributed by atoms with Crippen molar-refractivity contribution in [2.45, 2.75) is 20.0 Å². The van der Waals surface area contributed by atoms with Crippen LogP contribution in [0.3, 0.4) is 0 Å². The van der Waals surface area contributed by atoms with Crippen LogP contribution in [0.1, 0.15) is 12.5 Å². The van der Waals surface area contributed by atoms with Gasteiger partial charge in [0.15, 0.2) is 11.2 Å². The van der Waals surface area contributed by atoms with E-state index in [1.165, 1.54) is 9.13 Å². The number of benzene rings is 1. The van der Waals surface area contributed by atoms with Crippen molar-refractivity contribution in [2.75, 3.05) is 25.0 Å². The van der Waals surface area contributed by atoms with Crippen molar-refractivity contribution in [3.05, 3.63) is 57.0 Å². The van der Waals surface area contributed by atoms with Gasteiger partial charge in [0.1, 0.15) is 0 Å². The van der Waals surface area contributed by atoms with Crippen LogP contribution >= 0.6 is 0 Å². The first-order valence-electron chi connectivity index (χ1n) is 10.2. The molecule has 3 heterocycles. The van der Waals surface area contributed by atoms with Gasteiger partial charge in [0, 0.05) is 39.6 Å². The molecule has 0 saturated carbocycles. The van der Waals surface area contributed by atoms with Gasteiger partial charge in [-0.15, -0.1) is 5.92 Å². The fourth-order valence-electron chi connectivity index (χ4n) is 3.68. The standard InChI is InChI=1S/C22H24N8O2/c1-4-5-11-29-18-19(26-21(29)27(2)12-8-23)28(3)22(32)30(20(18)31)14-15-6-7-16-17(13-15)25-10-9-24-16/h6-7,9-10,13H,8,11-12,14,23H2,1-3H3. The molecule has 3 aromatic heterocycles. The topological polar surface area (TPSA) is 117 Å². The van der Waals surface area contributed by atoms with Crippen LogP contribution < -0.4 is 21.9 Å². The summed E-state index contributed by atoms with van der Waals surface area (Å²) < 4.78 is 4.35. The third kappa shape index (κ3) is 3.63. The molecule has 10 heteroatoms. The van der Waals surface area contributed by atoms with Crippen LogP contribution in [-0.4, -0.2) is 48.8 Å². The van der Waals surface area contributed by atoms with E-state index in [0.717, 1.165) is 11.1 Å². The number of nitrogens with zero attached hydrogens (tertiary/aromatic N) is 7. The molecule has 10 nitrogen and oxygen atoms in total. The minimum atomic E-state index is -0.444. The third-order valence-electron chi connectivity index (χ3n) is 5.31. The lowest BCUT2D eigenvalue weighted by atomic mass is 10.2. The van der Waals surface area contributed by atoms with Crippen molar-refractivity contribution in [3.8, 4) is 11.8 Å². The van der Waals surface area contributed by atoms with E-state index < -0.39 is 11.2 Å². The molecule has 0 spiro atoms. The molecule has 0 radical (unpaired) electrons. The molecule has 0 unspecified atom stereocenters. The molecule has 4 rings (SSSR count). The Morgan fingerprint density at radius 2 is 1.88 bits per heavy atom. The van der Waals surface area contributed by atoms with Gasteiger partial charge in [-0.25, -0.2) is 4.79 Å². The SMILES string of the molecule is CC#CCn1c(N(C)CCN)nc2c1c(=O)n(Cc1ccc3nccnc3c1)c(=O)n2C. The average molecular weight is 432 g/mol. The van der Waals surface area contributed by atoms with Crippen LogP contribution in [0.25, 0.3) is 22.2 Å². The monoisotopic (exact) mass is 432 g/mol. The smallest absolute Gasteiger partial charge is 0.332 e. The summed E-state index contributed by atoms with van der Waals surface area (Å²) in [6.07, 6.45) is 3.23. The molecule has 0 aliphatic heterocycles. The van der Waals surface area contributed by atoms with Gasteiger partial charge in [-0.3, -0.25) is 28.5 Å². The Morgan fingerprint density at radius 1 is 1.12 bits per heavy atom. The number of rotatable bonds is 6. The fraction of sp³-hybridized carbons (Fsp3) is 0.318. The molecule has 0 aliphatic rings. The summed E-state index contributed by atoms with van der Waals surface area (Å²) in [7, 11) is 3.46. The lowest BCUT2D eigenvalue weighted by Crippen LogP contribution is -2.40. The highest BCUT2D eigenvalue weighted by atomic mass is 16.2. The normalized spacial score (nSPS) is 11.0. The van der Waals surface area contributed by atoms with Crippen molar-refractivity contribution in [3.63, 3.8) is 0 Å². The number of anilines is 1. The number of nitrogens with two attached hydrogens (primary N) is 1. The predicted octanol–water partition coefficient (Wildman–Crippen LogP) is 0.306. The molecule has 1 aromatic carbocycles. The van der Waals surface area contributed by atoms with E-state index >= 15 is 0 Å². The molecule has 0 amide bonds. The number of hydrogen-bond donors (Lipinski definition) is 1. The maximum absolute atomic E-state index is 13.5. The summed E-state index contributed by atoms with van der Waals surface area (Å²) in [6, 6.07) is 5.50. The summed E-state index contributed by atoms with van der Waals surface area (Å²) >= 11 is 0. The number of fused-ring (bicyclic) bond motifs is 2. The molecule has 2 N–H and O–H groups in total. The third-order valence-corrected chi connectivity index (χ3v) is 5.31. The minimum absolute atomic E-state index is 0.104. The van der Waals surface area contributed by atoms with E-state index in [0.29, 0.717) is 35.7 Å². The van der Waals surface area contributed by atoms with E-state index in [1.807, 2.05) is 30.1 Å². The van der Waals surface area contributed by atoms with Crippen LogP contribution in [-0.2, 0) is 20.1 Å². The minimum Gasteiger partial charge on any atom is -0.344 e. The van der Waals surface area contributed by atoms with Crippen LogP contribution in [0.2, 0.25) is 0 Å². The Balaban J connectivity index is 1.92. The van der Waals surface area contributed by atoms with E-state index in [-0.39, 0.29) is 13.1 Å². The second kappa shape index (κ2) is 8.64. The first kappa shape index (κ1) is 21.3. The zero-order valence-corrected chi connectivity index (χ0v) is 18.2. The predicted molar refractivity (Wildman–Crippen MR) is 124 cm³/mol. The van der Waals surface area contributed by atoms with E-state index in [2.05, 4.69) is 26.8 Å². The zero-order chi connectivity index (χ0) is 22.8. The first-order valence-corrected chi connectivity index (χ1v) is 10.2. The summed E-state index contributed by atoms with van der Waals surface area (Å²) in [5.41, 5.74) is 7.71.